The molecule has 1 aliphatic heterocycles. The number of piperidine rings is 1. The van der Waals surface area contributed by atoms with Crippen LogP contribution >= 0.6 is 11.3 Å². The number of fused-ring (bicyclic) bond motifs is 1. The molecule has 2 N–H and O–H groups in total. The molecule has 23 heavy (non-hydrogen) atoms. The van der Waals surface area contributed by atoms with Gasteiger partial charge in [-0.1, -0.05) is 24.6 Å². The Bertz CT molecular complexity index is 662. The number of benzene rings is 1. The first-order valence-corrected chi connectivity index (χ1v) is 9.12. The van der Waals surface area contributed by atoms with Gasteiger partial charge in [-0.3, -0.25) is 4.79 Å². The van der Waals surface area contributed by atoms with Crippen LogP contribution in [0.2, 0.25) is 0 Å². The van der Waals surface area contributed by atoms with Crippen molar-refractivity contribution in [3.63, 3.8) is 0 Å². The SMILES string of the molecule is COCCNC(=O)c1sc2ccccc2c1CC1CCCCN1. The number of thiophene rings is 1. The molecule has 3 rings (SSSR count). The number of nitrogens with one attached hydrogen (secondary N) is 2. The molecule has 2 aromatic rings. The predicted molar refractivity (Wildman–Crippen MR) is 95.4 cm³/mol. The fourth-order valence-electron chi connectivity index (χ4n) is 3.18. The van der Waals surface area contributed by atoms with Gasteiger partial charge in [0.05, 0.1) is 11.5 Å². The molecule has 0 aliphatic carbocycles. The lowest BCUT2D eigenvalue weighted by molar-refractivity contribution is 0.0940. The van der Waals surface area contributed by atoms with Crippen molar-refractivity contribution in [3.05, 3.63) is 34.7 Å². The summed E-state index contributed by atoms with van der Waals surface area (Å²) in [6.45, 7) is 2.17. The average Bonchev–Trinajstić information content (AvgIpc) is 2.95. The minimum Gasteiger partial charge on any atom is -0.383 e. The summed E-state index contributed by atoms with van der Waals surface area (Å²) in [5.74, 6) is 0.0223. The summed E-state index contributed by atoms with van der Waals surface area (Å²) in [6.07, 6.45) is 4.65. The molecule has 1 aliphatic rings. The maximum absolute atomic E-state index is 12.6. The lowest BCUT2D eigenvalue weighted by Gasteiger charge is -2.23. The molecule has 1 amide bonds. The average molecular weight is 332 g/mol. The molecule has 1 atom stereocenters. The van der Waals surface area contributed by atoms with Gasteiger partial charge in [-0.2, -0.15) is 0 Å². The second-order valence-electron chi connectivity index (χ2n) is 6.01. The van der Waals surface area contributed by atoms with E-state index in [4.69, 9.17) is 4.74 Å². The van der Waals surface area contributed by atoms with Crippen molar-refractivity contribution >= 4 is 27.3 Å². The van der Waals surface area contributed by atoms with Crippen LogP contribution in [0.5, 0.6) is 0 Å². The van der Waals surface area contributed by atoms with Gasteiger partial charge in [0.1, 0.15) is 0 Å². The Balaban J connectivity index is 1.86. The molecular weight excluding hydrogens is 308 g/mol. The van der Waals surface area contributed by atoms with E-state index in [0.717, 1.165) is 17.8 Å². The number of hydrogen-bond acceptors (Lipinski definition) is 4. The number of hydrogen-bond donors (Lipinski definition) is 2. The Kier molecular flexibility index (Phi) is 5.65. The maximum atomic E-state index is 12.6. The van der Waals surface area contributed by atoms with Crippen molar-refractivity contribution in [2.75, 3.05) is 26.8 Å². The molecule has 2 heterocycles. The first-order valence-electron chi connectivity index (χ1n) is 8.30. The molecule has 5 heteroatoms. The smallest absolute Gasteiger partial charge is 0.261 e. The minimum atomic E-state index is 0.0223. The predicted octanol–water partition coefficient (Wildman–Crippen LogP) is 2.96. The highest BCUT2D eigenvalue weighted by molar-refractivity contribution is 7.21. The van der Waals surface area contributed by atoms with Crippen molar-refractivity contribution in [2.45, 2.75) is 31.7 Å². The fraction of sp³-hybridized carbons (Fsp3) is 0.500. The normalized spacial score (nSPS) is 18.2. The Morgan fingerprint density at radius 2 is 2.26 bits per heavy atom. The lowest BCUT2D eigenvalue weighted by Crippen LogP contribution is -2.36. The molecule has 1 aromatic heterocycles. The zero-order valence-corrected chi connectivity index (χ0v) is 14.4. The minimum absolute atomic E-state index is 0.0223. The molecule has 0 saturated carbocycles. The Morgan fingerprint density at radius 1 is 1.39 bits per heavy atom. The molecule has 124 valence electrons. The van der Waals surface area contributed by atoms with Gasteiger partial charge in [0.15, 0.2) is 0 Å². The van der Waals surface area contributed by atoms with Gasteiger partial charge in [-0.15, -0.1) is 11.3 Å². The number of carbonyl (C=O) groups excluding carboxylic acids is 1. The molecule has 1 saturated heterocycles. The van der Waals surface area contributed by atoms with Gasteiger partial charge >= 0.3 is 0 Å². The van der Waals surface area contributed by atoms with Crippen molar-refractivity contribution in [1.82, 2.24) is 10.6 Å². The van der Waals surface area contributed by atoms with Gasteiger partial charge < -0.3 is 15.4 Å². The topological polar surface area (TPSA) is 50.4 Å². The number of rotatable bonds is 6. The highest BCUT2D eigenvalue weighted by atomic mass is 32.1. The molecule has 0 spiro atoms. The van der Waals surface area contributed by atoms with Crippen LogP contribution in [-0.4, -0.2) is 38.8 Å². The van der Waals surface area contributed by atoms with Crippen LogP contribution in [0.15, 0.2) is 24.3 Å². The zero-order valence-electron chi connectivity index (χ0n) is 13.6. The van der Waals surface area contributed by atoms with Crippen LogP contribution in [0.25, 0.3) is 10.1 Å². The molecule has 0 radical (unpaired) electrons. The van der Waals surface area contributed by atoms with Gasteiger partial charge in [-0.05, 0) is 42.8 Å². The van der Waals surface area contributed by atoms with E-state index in [1.807, 2.05) is 6.07 Å². The maximum Gasteiger partial charge on any atom is 0.261 e. The summed E-state index contributed by atoms with van der Waals surface area (Å²) in [4.78, 5) is 13.4. The Hall–Kier alpha value is -1.43. The van der Waals surface area contributed by atoms with Crippen LogP contribution < -0.4 is 10.6 Å². The van der Waals surface area contributed by atoms with E-state index in [2.05, 4.69) is 28.8 Å². The van der Waals surface area contributed by atoms with Gasteiger partial charge in [-0.25, -0.2) is 0 Å². The number of carbonyl (C=O) groups is 1. The molecule has 0 bridgehead atoms. The molecule has 1 unspecified atom stereocenters. The van der Waals surface area contributed by atoms with Crippen LogP contribution in [-0.2, 0) is 11.2 Å². The van der Waals surface area contributed by atoms with E-state index in [9.17, 15) is 4.79 Å². The van der Waals surface area contributed by atoms with E-state index in [0.29, 0.717) is 19.2 Å². The second-order valence-corrected chi connectivity index (χ2v) is 7.06. The quantitative estimate of drug-likeness (QED) is 0.800. The first kappa shape index (κ1) is 16.4. The van der Waals surface area contributed by atoms with Crippen LogP contribution in [0.1, 0.15) is 34.5 Å². The van der Waals surface area contributed by atoms with E-state index in [1.165, 1.54) is 34.9 Å². The standard InChI is InChI=1S/C18H24N2O2S/c1-22-11-10-20-18(21)17-15(12-13-6-4-5-9-19-13)14-7-2-3-8-16(14)23-17/h2-3,7-8,13,19H,4-6,9-12H2,1H3,(H,20,21). The van der Waals surface area contributed by atoms with Gasteiger partial charge in [0, 0.05) is 24.4 Å². The summed E-state index contributed by atoms with van der Waals surface area (Å²) in [5, 5.41) is 7.78. The van der Waals surface area contributed by atoms with Crippen molar-refractivity contribution in [3.8, 4) is 0 Å². The van der Waals surface area contributed by atoms with E-state index in [1.54, 1.807) is 18.4 Å². The van der Waals surface area contributed by atoms with E-state index < -0.39 is 0 Å². The second kappa shape index (κ2) is 7.90. The largest absolute Gasteiger partial charge is 0.383 e. The molecular formula is C18H24N2O2S. The molecule has 1 fully saturated rings. The number of methoxy groups -OCH3 is 1. The summed E-state index contributed by atoms with van der Waals surface area (Å²) >= 11 is 1.60. The fourth-order valence-corrected chi connectivity index (χ4v) is 4.33. The summed E-state index contributed by atoms with van der Waals surface area (Å²) in [7, 11) is 1.64. The monoisotopic (exact) mass is 332 g/mol. The first-order chi connectivity index (χ1) is 11.3. The Labute approximate surface area is 141 Å². The number of ether oxygens (including phenoxy) is 1. The molecule has 1 aromatic carbocycles. The van der Waals surface area contributed by atoms with Crippen molar-refractivity contribution in [1.29, 1.82) is 0 Å². The number of amides is 1. The van der Waals surface area contributed by atoms with Crippen molar-refractivity contribution in [2.24, 2.45) is 0 Å². The highest BCUT2D eigenvalue weighted by Crippen LogP contribution is 2.33. The third-order valence-corrected chi connectivity index (χ3v) is 5.57. The summed E-state index contributed by atoms with van der Waals surface area (Å²) in [6, 6.07) is 8.81. The third-order valence-electron chi connectivity index (χ3n) is 4.36. The molecule has 4 nitrogen and oxygen atoms in total. The summed E-state index contributed by atoms with van der Waals surface area (Å²) in [5.41, 5.74) is 1.19. The summed E-state index contributed by atoms with van der Waals surface area (Å²) < 4.78 is 6.21. The van der Waals surface area contributed by atoms with E-state index >= 15 is 0 Å². The zero-order chi connectivity index (χ0) is 16.1. The highest BCUT2D eigenvalue weighted by Gasteiger charge is 2.22. The van der Waals surface area contributed by atoms with Gasteiger partial charge in [0.2, 0.25) is 0 Å². The van der Waals surface area contributed by atoms with Crippen LogP contribution in [0.3, 0.4) is 0 Å². The van der Waals surface area contributed by atoms with Crippen molar-refractivity contribution < 1.29 is 9.53 Å². The third kappa shape index (κ3) is 3.91. The Morgan fingerprint density at radius 3 is 3.04 bits per heavy atom. The van der Waals surface area contributed by atoms with Gasteiger partial charge in [0.25, 0.3) is 5.91 Å². The van der Waals surface area contributed by atoms with Crippen LogP contribution in [0, 0.1) is 0 Å². The van der Waals surface area contributed by atoms with E-state index in [-0.39, 0.29) is 5.91 Å². The lowest BCUT2D eigenvalue weighted by atomic mass is 9.96. The van der Waals surface area contributed by atoms with Crippen LogP contribution in [0.4, 0.5) is 0 Å².